The van der Waals surface area contributed by atoms with Gasteiger partial charge in [-0.1, -0.05) is 6.07 Å². The number of nitrogens with zero attached hydrogens (tertiary/aromatic N) is 1. The first-order valence-corrected chi connectivity index (χ1v) is 7.97. The monoisotopic (exact) mass is 373 g/mol. The van der Waals surface area contributed by atoms with Crippen LogP contribution >= 0.6 is 0 Å². The summed E-state index contributed by atoms with van der Waals surface area (Å²) in [6.45, 7) is 1.41. The molecule has 9 heteroatoms. The molecule has 1 amide bonds. The Bertz CT molecular complexity index is 868. The Labute approximate surface area is 155 Å². The quantitative estimate of drug-likeness (QED) is 0.435. The van der Waals surface area contributed by atoms with Crippen molar-refractivity contribution in [1.82, 2.24) is 0 Å². The van der Waals surface area contributed by atoms with E-state index in [-0.39, 0.29) is 11.3 Å². The fourth-order valence-corrected chi connectivity index (χ4v) is 2.25. The zero-order valence-electron chi connectivity index (χ0n) is 15.0. The fraction of sp³-hybridized carbons (Fsp3) is 0.222. The Balaban J connectivity index is 2.11. The van der Waals surface area contributed by atoms with E-state index in [9.17, 15) is 19.7 Å². The number of esters is 1. The first-order valence-electron chi connectivity index (χ1n) is 7.97. The molecule has 0 heterocycles. The van der Waals surface area contributed by atoms with Crippen LogP contribution in [0.3, 0.4) is 0 Å². The lowest BCUT2D eigenvalue weighted by atomic mass is 10.1. The highest BCUT2D eigenvalue weighted by molar-refractivity contribution is 6.00. The molecule has 0 aliphatic carbocycles. The van der Waals surface area contributed by atoms with Crippen LogP contribution in [0.25, 0.3) is 0 Å². The minimum atomic E-state index is -1.12. The van der Waals surface area contributed by atoms with Gasteiger partial charge in [0.15, 0.2) is 6.10 Å². The standard InChI is InChI=1S/C18H19N3O6/c1-11(17(22)20-12-5-4-6-14(9-12)26-3)27-18(23)15-10-13(21(24)25)7-8-16(15)19-2/h4-11,19H,1-3H3,(H,20,22)/t11-/m0/s1. The summed E-state index contributed by atoms with van der Waals surface area (Å²) in [6.07, 6.45) is -1.12. The first kappa shape index (κ1) is 19.7. The number of non-ortho nitro benzene ring substituents is 1. The number of hydrogen-bond donors (Lipinski definition) is 2. The van der Waals surface area contributed by atoms with Gasteiger partial charge in [-0.2, -0.15) is 0 Å². The van der Waals surface area contributed by atoms with E-state index in [0.29, 0.717) is 17.1 Å². The largest absolute Gasteiger partial charge is 0.497 e. The minimum Gasteiger partial charge on any atom is -0.497 e. The van der Waals surface area contributed by atoms with Gasteiger partial charge in [-0.3, -0.25) is 14.9 Å². The Morgan fingerprint density at radius 2 is 1.93 bits per heavy atom. The molecular weight excluding hydrogens is 354 g/mol. The molecule has 0 saturated heterocycles. The highest BCUT2D eigenvalue weighted by Gasteiger charge is 2.23. The van der Waals surface area contributed by atoms with Gasteiger partial charge in [-0.25, -0.2) is 4.79 Å². The van der Waals surface area contributed by atoms with E-state index in [1.54, 1.807) is 31.3 Å². The Morgan fingerprint density at radius 3 is 2.56 bits per heavy atom. The van der Waals surface area contributed by atoms with Crippen LogP contribution < -0.4 is 15.4 Å². The molecule has 0 saturated carbocycles. The van der Waals surface area contributed by atoms with E-state index in [2.05, 4.69) is 10.6 Å². The van der Waals surface area contributed by atoms with Crippen LogP contribution in [0, 0.1) is 10.1 Å². The zero-order valence-corrected chi connectivity index (χ0v) is 15.0. The number of hydrogen-bond acceptors (Lipinski definition) is 7. The number of nitro groups is 1. The Kier molecular flexibility index (Phi) is 6.32. The van der Waals surface area contributed by atoms with Gasteiger partial charge in [0.05, 0.1) is 17.6 Å². The summed E-state index contributed by atoms with van der Waals surface area (Å²) in [5, 5.41) is 16.3. The number of anilines is 2. The molecule has 2 rings (SSSR count). The van der Waals surface area contributed by atoms with Crippen LogP contribution in [0.4, 0.5) is 17.1 Å². The van der Waals surface area contributed by atoms with Crippen molar-refractivity contribution in [3.05, 3.63) is 58.1 Å². The summed E-state index contributed by atoms with van der Waals surface area (Å²) in [4.78, 5) is 34.9. The number of carbonyl (C=O) groups is 2. The molecule has 0 unspecified atom stereocenters. The number of ether oxygens (including phenoxy) is 2. The third-order valence-corrected chi connectivity index (χ3v) is 3.69. The molecule has 0 bridgehead atoms. The molecule has 0 fully saturated rings. The molecule has 0 radical (unpaired) electrons. The first-order chi connectivity index (χ1) is 12.8. The zero-order chi connectivity index (χ0) is 20.0. The highest BCUT2D eigenvalue weighted by Crippen LogP contribution is 2.23. The van der Waals surface area contributed by atoms with E-state index in [1.165, 1.54) is 26.2 Å². The van der Waals surface area contributed by atoms with Crippen molar-refractivity contribution in [1.29, 1.82) is 0 Å². The predicted molar refractivity (Wildman–Crippen MR) is 99.1 cm³/mol. The molecule has 0 aromatic heterocycles. The molecule has 2 aromatic rings. The molecule has 27 heavy (non-hydrogen) atoms. The highest BCUT2D eigenvalue weighted by atomic mass is 16.6. The second kappa shape index (κ2) is 8.65. The van der Waals surface area contributed by atoms with Gasteiger partial charge < -0.3 is 20.1 Å². The molecule has 142 valence electrons. The summed E-state index contributed by atoms with van der Waals surface area (Å²) >= 11 is 0. The second-order valence-corrected chi connectivity index (χ2v) is 5.51. The maximum Gasteiger partial charge on any atom is 0.341 e. The van der Waals surface area contributed by atoms with E-state index in [4.69, 9.17) is 9.47 Å². The van der Waals surface area contributed by atoms with E-state index in [1.807, 2.05) is 0 Å². The molecule has 2 N–H and O–H groups in total. The third kappa shape index (κ3) is 4.94. The van der Waals surface area contributed by atoms with Crippen molar-refractivity contribution in [2.45, 2.75) is 13.0 Å². The average Bonchev–Trinajstić information content (AvgIpc) is 2.67. The van der Waals surface area contributed by atoms with Gasteiger partial charge in [0.1, 0.15) is 5.75 Å². The van der Waals surface area contributed by atoms with Crippen LogP contribution in [-0.2, 0) is 9.53 Å². The summed E-state index contributed by atoms with van der Waals surface area (Å²) in [6, 6.07) is 10.5. The lowest BCUT2D eigenvalue weighted by molar-refractivity contribution is -0.384. The molecule has 9 nitrogen and oxygen atoms in total. The molecule has 2 aromatic carbocycles. The molecule has 0 spiro atoms. The molecular formula is C18H19N3O6. The van der Waals surface area contributed by atoms with Crippen molar-refractivity contribution in [3.8, 4) is 5.75 Å². The Morgan fingerprint density at radius 1 is 1.19 bits per heavy atom. The van der Waals surface area contributed by atoms with Crippen molar-refractivity contribution in [2.24, 2.45) is 0 Å². The normalized spacial score (nSPS) is 11.2. The maximum absolute atomic E-state index is 12.4. The lowest BCUT2D eigenvalue weighted by Gasteiger charge is -2.15. The number of carbonyl (C=O) groups excluding carboxylic acids is 2. The van der Waals surface area contributed by atoms with Gasteiger partial charge in [-0.05, 0) is 25.1 Å². The van der Waals surface area contributed by atoms with E-state index < -0.39 is 22.9 Å². The SMILES string of the molecule is CNc1ccc([N+](=O)[O-])cc1C(=O)O[C@@H](C)C(=O)Nc1cccc(OC)c1. The van der Waals surface area contributed by atoms with Crippen LogP contribution in [0.15, 0.2) is 42.5 Å². The van der Waals surface area contributed by atoms with Gasteiger partial charge in [0.25, 0.3) is 11.6 Å². The smallest absolute Gasteiger partial charge is 0.341 e. The van der Waals surface area contributed by atoms with E-state index >= 15 is 0 Å². The maximum atomic E-state index is 12.4. The van der Waals surface area contributed by atoms with Gasteiger partial charge in [-0.15, -0.1) is 0 Å². The van der Waals surface area contributed by atoms with Crippen molar-refractivity contribution < 1.29 is 24.0 Å². The number of methoxy groups -OCH3 is 1. The summed E-state index contributed by atoms with van der Waals surface area (Å²) in [7, 11) is 3.07. The lowest BCUT2D eigenvalue weighted by Crippen LogP contribution is -2.30. The number of amides is 1. The summed E-state index contributed by atoms with van der Waals surface area (Å²) in [5.41, 5.74) is 0.543. The summed E-state index contributed by atoms with van der Waals surface area (Å²) < 4.78 is 10.2. The van der Waals surface area contributed by atoms with Crippen LogP contribution in [-0.4, -0.2) is 37.1 Å². The number of benzene rings is 2. The number of nitro benzene ring substituents is 1. The Hall–Kier alpha value is -3.62. The topological polar surface area (TPSA) is 120 Å². The molecule has 0 aliphatic rings. The molecule has 1 atom stereocenters. The van der Waals surface area contributed by atoms with Gasteiger partial charge in [0.2, 0.25) is 0 Å². The van der Waals surface area contributed by atoms with Crippen LogP contribution in [0.2, 0.25) is 0 Å². The van der Waals surface area contributed by atoms with Gasteiger partial charge >= 0.3 is 5.97 Å². The minimum absolute atomic E-state index is 0.0345. The van der Waals surface area contributed by atoms with E-state index in [0.717, 1.165) is 6.07 Å². The average molecular weight is 373 g/mol. The van der Waals surface area contributed by atoms with Crippen molar-refractivity contribution in [2.75, 3.05) is 24.8 Å². The third-order valence-electron chi connectivity index (χ3n) is 3.69. The van der Waals surface area contributed by atoms with Crippen molar-refractivity contribution in [3.63, 3.8) is 0 Å². The number of nitrogens with one attached hydrogen (secondary N) is 2. The predicted octanol–water partition coefficient (Wildman–Crippen LogP) is 2.83. The summed E-state index contributed by atoms with van der Waals surface area (Å²) in [5.74, 6) is -0.836. The second-order valence-electron chi connectivity index (χ2n) is 5.51. The van der Waals surface area contributed by atoms with Crippen LogP contribution in [0.5, 0.6) is 5.75 Å². The van der Waals surface area contributed by atoms with Crippen LogP contribution in [0.1, 0.15) is 17.3 Å². The molecule has 0 aliphatic heterocycles. The number of rotatable bonds is 7. The van der Waals surface area contributed by atoms with Gasteiger partial charge in [0, 0.05) is 36.6 Å². The van der Waals surface area contributed by atoms with Crippen molar-refractivity contribution >= 4 is 28.9 Å². The fourth-order valence-electron chi connectivity index (χ4n) is 2.25.